The Bertz CT molecular complexity index is 134. The number of ether oxygens (including phenoxy) is 2. The van der Waals surface area contributed by atoms with Gasteiger partial charge in [0.05, 0.1) is 12.7 Å². The van der Waals surface area contributed by atoms with Gasteiger partial charge in [-0.25, -0.2) is 0 Å². The first kappa shape index (κ1) is 12.4. The number of esters is 1. The zero-order valence-corrected chi connectivity index (χ0v) is 8.84. The van der Waals surface area contributed by atoms with Crippen LogP contribution >= 0.6 is 0 Å². The fourth-order valence-corrected chi connectivity index (χ4v) is 0.822. The SMILES string of the molecule is CCC(C)OCCCCOC(C)=O. The van der Waals surface area contributed by atoms with Crippen molar-refractivity contribution in [2.24, 2.45) is 0 Å². The van der Waals surface area contributed by atoms with Crippen molar-refractivity contribution in [2.75, 3.05) is 13.2 Å². The quantitative estimate of drug-likeness (QED) is 0.453. The molecule has 0 aliphatic heterocycles. The molecule has 3 heteroatoms. The van der Waals surface area contributed by atoms with Gasteiger partial charge in [0, 0.05) is 13.5 Å². The topological polar surface area (TPSA) is 35.5 Å². The fourth-order valence-electron chi connectivity index (χ4n) is 0.822. The van der Waals surface area contributed by atoms with Gasteiger partial charge in [-0.2, -0.15) is 0 Å². The fraction of sp³-hybridized carbons (Fsp3) is 0.900. The van der Waals surface area contributed by atoms with Crippen LogP contribution in [-0.4, -0.2) is 25.3 Å². The highest BCUT2D eigenvalue weighted by Crippen LogP contribution is 1.98. The molecule has 0 saturated carbocycles. The lowest BCUT2D eigenvalue weighted by molar-refractivity contribution is -0.141. The van der Waals surface area contributed by atoms with Crippen LogP contribution in [0.3, 0.4) is 0 Å². The van der Waals surface area contributed by atoms with Crippen LogP contribution in [-0.2, 0) is 14.3 Å². The summed E-state index contributed by atoms with van der Waals surface area (Å²) in [7, 11) is 0. The van der Waals surface area contributed by atoms with Gasteiger partial charge in [-0.3, -0.25) is 4.79 Å². The highest BCUT2D eigenvalue weighted by atomic mass is 16.5. The van der Waals surface area contributed by atoms with Gasteiger partial charge in [-0.1, -0.05) is 6.92 Å². The Balaban J connectivity index is 3.04. The van der Waals surface area contributed by atoms with Gasteiger partial charge >= 0.3 is 5.97 Å². The Morgan fingerprint density at radius 3 is 2.46 bits per heavy atom. The predicted molar refractivity (Wildman–Crippen MR) is 51.6 cm³/mol. The molecule has 0 aromatic carbocycles. The van der Waals surface area contributed by atoms with Crippen LogP contribution < -0.4 is 0 Å². The molecular weight excluding hydrogens is 168 g/mol. The lowest BCUT2D eigenvalue weighted by atomic mass is 10.3. The third-order valence-corrected chi connectivity index (χ3v) is 1.82. The molecule has 0 N–H and O–H groups in total. The minimum Gasteiger partial charge on any atom is -0.466 e. The monoisotopic (exact) mass is 188 g/mol. The molecule has 0 aromatic heterocycles. The van der Waals surface area contributed by atoms with Gasteiger partial charge in [0.2, 0.25) is 0 Å². The van der Waals surface area contributed by atoms with E-state index in [1.54, 1.807) is 0 Å². The maximum Gasteiger partial charge on any atom is 0.302 e. The van der Waals surface area contributed by atoms with E-state index in [1.807, 2.05) is 0 Å². The molecule has 0 amide bonds. The van der Waals surface area contributed by atoms with Crippen molar-refractivity contribution in [2.45, 2.75) is 46.1 Å². The largest absolute Gasteiger partial charge is 0.466 e. The molecule has 0 radical (unpaired) electrons. The second kappa shape index (κ2) is 8.05. The summed E-state index contributed by atoms with van der Waals surface area (Å²) < 4.78 is 10.2. The van der Waals surface area contributed by atoms with Crippen LogP contribution in [0, 0.1) is 0 Å². The van der Waals surface area contributed by atoms with Crippen molar-refractivity contribution in [3.63, 3.8) is 0 Å². The van der Waals surface area contributed by atoms with E-state index in [0.717, 1.165) is 25.9 Å². The van der Waals surface area contributed by atoms with Gasteiger partial charge < -0.3 is 9.47 Å². The van der Waals surface area contributed by atoms with Gasteiger partial charge in [-0.05, 0) is 26.2 Å². The van der Waals surface area contributed by atoms with Crippen molar-refractivity contribution >= 4 is 5.97 Å². The second-order valence-electron chi connectivity index (χ2n) is 3.14. The van der Waals surface area contributed by atoms with E-state index < -0.39 is 0 Å². The number of rotatable bonds is 7. The summed E-state index contributed by atoms with van der Waals surface area (Å²) in [5, 5.41) is 0. The lowest BCUT2D eigenvalue weighted by Crippen LogP contribution is -2.08. The predicted octanol–water partition coefficient (Wildman–Crippen LogP) is 2.14. The molecule has 0 aromatic rings. The van der Waals surface area contributed by atoms with Crippen molar-refractivity contribution < 1.29 is 14.3 Å². The molecule has 0 rings (SSSR count). The third kappa shape index (κ3) is 9.34. The van der Waals surface area contributed by atoms with Crippen LogP contribution in [0.2, 0.25) is 0 Å². The zero-order valence-electron chi connectivity index (χ0n) is 8.84. The van der Waals surface area contributed by atoms with Gasteiger partial charge in [0.15, 0.2) is 0 Å². The van der Waals surface area contributed by atoms with Gasteiger partial charge in [-0.15, -0.1) is 0 Å². The summed E-state index contributed by atoms with van der Waals surface area (Å²) in [6.07, 6.45) is 3.23. The Morgan fingerprint density at radius 1 is 1.31 bits per heavy atom. The van der Waals surface area contributed by atoms with Crippen LogP contribution in [0.4, 0.5) is 0 Å². The molecule has 0 aliphatic rings. The van der Waals surface area contributed by atoms with Crippen molar-refractivity contribution in [1.29, 1.82) is 0 Å². The highest BCUT2D eigenvalue weighted by Gasteiger charge is 1.97. The van der Waals surface area contributed by atoms with Crippen molar-refractivity contribution in [1.82, 2.24) is 0 Å². The Kier molecular flexibility index (Phi) is 7.69. The molecule has 1 atom stereocenters. The second-order valence-corrected chi connectivity index (χ2v) is 3.14. The molecule has 0 heterocycles. The first-order valence-electron chi connectivity index (χ1n) is 4.91. The molecule has 0 spiro atoms. The smallest absolute Gasteiger partial charge is 0.302 e. The molecular formula is C10H20O3. The molecule has 0 saturated heterocycles. The summed E-state index contributed by atoms with van der Waals surface area (Å²) >= 11 is 0. The summed E-state index contributed by atoms with van der Waals surface area (Å²) in [6.45, 7) is 6.86. The maximum atomic E-state index is 10.4. The number of hydrogen-bond donors (Lipinski definition) is 0. The van der Waals surface area contributed by atoms with Gasteiger partial charge in [0.1, 0.15) is 0 Å². The summed E-state index contributed by atoms with van der Waals surface area (Å²) in [5.41, 5.74) is 0. The molecule has 13 heavy (non-hydrogen) atoms. The summed E-state index contributed by atoms with van der Waals surface area (Å²) in [5.74, 6) is -0.206. The Hall–Kier alpha value is -0.570. The Morgan fingerprint density at radius 2 is 1.92 bits per heavy atom. The normalized spacial score (nSPS) is 12.5. The average molecular weight is 188 g/mol. The minimum atomic E-state index is -0.206. The standard InChI is InChI=1S/C10H20O3/c1-4-9(2)12-7-5-6-8-13-10(3)11/h9H,4-8H2,1-3H3. The van der Waals surface area contributed by atoms with Crippen LogP contribution in [0.5, 0.6) is 0 Å². The number of hydrogen-bond acceptors (Lipinski definition) is 3. The van der Waals surface area contributed by atoms with Crippen LogP contribution in [0.25, 0.3) is 0 Å². The van der Waals surface area contributed by atoms with E-state index >= 15 is 0 Å². The van der Waals surface area contributed by atoms with E-state index in [-0.39, 0.29) is 5.97 Å². The van der Waals surface area contributed by atoms with E-state index in [9.17, 15) is 4.79 Å². The summed E-state index contributed by atoms with van der Waals surface area (Å²) in [4.78, 5) is 10.4. The van der Waals surface area contributed by atoms with E-state index in [4.69, 9.17) is 9.47 Å². The average Bonchev–Trinajstić information content (AvgIpc) is 2.10. The Labute approximate surface area is 80.4 Å². The van der Waals surface area contributed by atoms with Crippen molar-refractivity contribution in [3.05, 3.63) is 0 Å². The number of unbranched alkanes of at least 4 members (excludes halogenated alkanes) is 1. The molecule has 0 fully saturated rings. The van der Waals surface area contributed by atoms with E-state index in [1.165, 1.54) is 6.92 Å². The highest BCUT2D eigenvalue weighted by molar-refractivity contribution is 5.65. The zero-order chi connectivity index (χ0) is 10.1. The molecule has 3 nitrogen and oxygen atoms in total. The molecule has 1 unspecified atom stereocenters. The lowest BCUT2D eigenvalue weighted by Gasteiger charge is -2.09. The summed E-state index contributed by atoms with van der Waals surface area (Å²) in [6, 6.07) is 0. The number of carbonyl (C=O) groups is 1. The maximum absolute atomic E-state index is 10.4. The molecule has 0 bridgehead atoms. The number of carbonyl (C=O) groups excluding carboxylic acids is 1. The van der Waals surface area contributed by atoms with Gasteiger partial charge in [0.25, 0.3) is 0 Å². The van der Waals surface area contributed by atoms with E-state index in [2.05, 4.69) is 13.8 Å². The van der Waals surface area contributed by atoms with Crippen LogP contribution in [0.1, 0.15) is 40.0 Å². The molecule has 0 aliphatic carbocycles. The molecule has 78 valence electrons. The first-order valence-corrected chi connectivity index (χ1v) is 4.91. The minimum absolute atomic E-state index is 0.206. The first-order chi connectivity index (χ1) is 6.16. The third-order valence-electron chi connectivity index (χ3n) is 1.82. The van der Waals surface area contributed by atoms with Crippen molar-refractivity contribution in [3.8, 4) is 0 Å². The van der Waals surface area contributed by atoms with E-state index in [0.29, 0.717) is 12.7 Å². The van der Waals surface area contributed by atoms with Crippen LogP contribution in [0.15, 0.2) is 0 Å².